The molecular weight excluding hydrogens is 262 g/mol. The summed E-state index contributed by atoms with van der Waals surface area (Å²) in [7, 11) is 1.67. The maximum absolute atomic E-state index is 11.9. The zero-order valence-corrected chi connectivity index (χ0v) is 12.3. The molecule has 2 atom stereocenters. The van der Waals surface area contributed by atoms with Gasteiger partial charge in [-0.3, -0.25) is 4.79 Å². The van der Waals surface area contributed by atoms with Gasteiger partial charge in [0.1, 0.15) is 11.1 Å². The van der Waals surface area contributed by atoms with Crippen LogP contribution >= 0.6 is 11.3 Å². The van der Waals surface area contributed by atoms with Crippen LogP contribution in [0.25, 0.3) is 0 Å². The number of methoxy groups -OCH3 is 1. The minimum atomic E-state index is -0.0373. The van der Waals surface area contributed by atoms with Gasteiger partial charge >= 0.3 is 0 Å². The monoisotopic (exact) mass is 283 g/mol. The molecule has 2 N–H and O–H groups in total. The molecule has 1 aliphatic rings. The number of carbonyl (C=O) groups is 1. The van der Waals surface area contributed by atoms with Gasteiger partial charge in [0.15, 0.2) is 0 Å². The minimum Gasteiger partial charge on any atom is -0.375 e. The van der Waals surface area contributed by atoms with E-state index in [9.17, 15) is 4.79 Å². The molecule has 1 saturated heterocycles. The standard InChI is InChI=1S/C13H21N3O2S/c1-9(18-2)13-16-10(8-19-13)7-15-12(17)11-5-3-4-6-14-11/h8-9,11,14H,3-7H2,1-2H3,(H,15,17)/t9?,11-/m1/s1. The Morgan fingerprint density at radius 1 is 1.68 bits per heavy atom. The van der Waals surface area contributed by atoms with Gasteiger partial charge in [-0.05, 0) is 26.3 Å². The number of piperidine rings is 1. The number of nitrogens with one attached hydrogen (secondary N) is 2. The van der Waals surface area contributed by atoms with Crippen LogP contribution in [0, 0.1) is 0 Å². The lowest BCUT2D eigenvalue weighted by atomic mass is 10.0. The predicted octanol–water partition coefficient (Wildman–Crippen LogP) is 1.61. The second kappa shape index (κ2) is 6.98. The summed E-state index contributed by atoms with van der Waals surface area (Å²) in [4.78, 5) is 16.4. The van der Waals surface area contributed by atoms with Gasteiger partial charge in [0.2, 0.25) is 5.91 Å². The van der Waals surface area contributed by atoms with E-state index in [-0.39, 0.29) is 18.1 Å². The molecule has 6 heteroatoms. The van der Waals surface area contributed by atoms with Gasteiger partial charge in [0.05, 0.1) is 18.3 Å². The Labute approximate surface area is 117 Å². The van der Waals surface area contributed by atoms with Crippen LogP contribution in [-0.2, 0) is 16.1 Å². The highest BCUT2D eigenvalue weighted by molar-refractivity contribution is 7.09. The lowest BCUT2D eigenvalue weighted by molar-refractivity contribution is -0.123. The number of thiazole rings is 1. The van der Waals surface area contributed by atoms with Gasteiger partial charge in [-0.1, -0.05) is 6.42 Å². The molecule has 0 radical (unpaired) electrons. The average Bonchev–Trinajstić information content (AvgIpc) is 2.93. The summed E-state index contributed by atoms with van der Waals surface area (Å²) in [5, 5.41) is 9.10. The first-order valence-corrected chi connectivity index (χ1v) is 7.57. The predicted molar refractivity (Wildman–Crippen MR) is 75.0 cm³/mol. The average molecular weight is 283 g/mol. The summed E-state index contributed by atoms with van der Waals surface area (Å²) in [5.74, 6) is 0.0778. The number of hydrogen-bond acceptors (Lipinski definition) is 5. The molecule has 0 bridgehead atoms. The third kappa shape index (κ3) is 3.99. The third-order valence-corrected chi connectivity index (χ3v) is 4.40. The number of ether oxygens (including phenoxy) is 1. The van der Waals surface area contributed by atoms with Crippen LogP contribution in [0.15, 0.2) is 5.38 Å². The molecule has 19 heavy (non-hydrogen) atoms. The van der Waals surface area contributed by atoms with Gasteiger partial charge in [0.25, 0.3) is 0 Å². The van der Waals surface area contributed by atoms with E-state index in [4.69, 9.17) is 4.74 Å². The second-order valence-corrected chi connectivity index (χ2v) is 5.66. The Morgan fingerprint density at radius 2 is 2.53 bits per heavy atom. The van der Waals surface area contributed by atoms with Crippen LogP contribution < -0.4 is 10.6 Å². The molecule has 1 fully saturated rings. The molecule has 0 aromatic carbocycles. The van der Waals surface area contributed by atoms with Crippen LogP contribution in [0.4, 0.5) is 0 Å². The maximum atomic E-state index is 11.9. The van der Waals surface area contributed by atoms with E-state index < -0.39 is 0 Å². The van der Waals surface area contributed by atoms with Gasteiger partial charge in [0, 0.05) is 12.5 Å². The van der Waals surface area contributed by atoms with Crippen molar-refractivity contribution in [3.63, 3.8) is 0 Å². The largest absolute Gasteiger partial charge is 0.375 e. The highest BCUT2D eigenvalue weighted by Crippen LogP contribution is 2.20. The fourth-order valence-electron chi connectivity index (χ4n) is 2.07. The van der Waals surface area contributed by atoms with E-state index in [1.54, 1.807) is 18.4 Å². The Balaban J connectivity index is 1.81. The number of hydrogen-bond donors (Lipinski definition) is 2. The van der Waals surface area contributed by atoms with E-state index in [1.165, 1.54) is 0 Å². The molecule has 1 unspecified atom stereocenters. The molecule has 0 saturated carbocycles. The van der Waals surface area contributed by atoms with Crippen molar-refractivity contribution < 1.29 is 9.53 Å². The Kier molecular flexibility index (Phi) is 5.30. The van der Waals surface area contributed by atoms with Crippen molar-refractivity contribution in [3.8, 4) is 0 Å². The summed E-state index contributed by atoms with van der Waals surface area (Å²) < 4.78 is 5.22. The molecule has 1 amide bonds. The van der Waals surface area contributed by atoms with Gasteiger partial charge in [-0.25, -0.2) is 4.98 Å². The van der Waals surface area contributed by atoms with Gasteiger partial charge in [-0.2, -0.15) is 0 Å². The molecule has 2 rings (SSSR count). The van der Waals surface area contributed by atoms with E-state index in [1.807, 2.05) is 12.3 Å². The molecule has 1 aromatic heterocycles. The Morgan fingerprint density at radius 3 is 3.21 bits per heavy atom. The van der Waals surface area contributed by atoms with Crippen LogP contribution in [0.2, 0.25) is 0 Å². The highest BCUT2D eigenvalue weighted by atomic mass is 32.1. The first-order valence-electron chi connectivity index (χ1n) is 6.69. The van der Waals surface area contributed by atoms with E-state index >= 15 is 0 Å². The summed E-state index contributed by atoms with van der Waals surface area (Å²) in [6.45, 7) is 3.39. The Bertz CT molecular complexity index is 416. The minimum absolute atomic E-state index is 0.00876. The highest BCUT2D eigenvalue weighted by Gasteiger charge is 2.20. The molecular formula is C13H21N3O2S. The third-order valence-electron chi connectivity index (χ3n) is 3.34. The smallest absolute Gasteiger partial charge is 0.237 e. The second-order valence-electron chi connectivity index (χ2n) is 4.78. The zero-order valence-electron chi connectivity index (χ0n) is 11.4. The zero-order chi connectivity index (χ0) is 13.7. The lowest BCUT2D eigenvalue weighted by Gasteiger charge is -2.22. The molecule has 0 spiro atoms. The van der Waals surface area contributed by atoms with E-state index in [0.717, 1.165) is 36.5 Å². The van der Waals surface area contributed by atoms with Gasteiger partial charge in [-0.15, -0.1) is 11.3 Å². The SMILES string of the molecule is COC(C)c1nc(CNC(=O)[C@H]2CCCCN2)cs1. The van der Waals surface area contributed by atoms with Crippen molar-refractivity contribution in [1.82, 2.24) is 15.6 Å². The van der Waals surface area contributed by atoms with Crippen molar-refractivity contribution >= 4 is 17.2 Å². The first kappa shape index (κ1) is 14.4. The Hall–Kier alpha value is -0.980. The van der Waals surface area contributed by atoms with Crippen LogP contribution in [0.1, 0.15) is 43.0 Å². The number of carbonyl (C=O) groups excluding carboxylic acids is 1. The van der Waals surface area contributed by atoms with Crippen molar-refractivity contribution in [2.45, 2.75) is 44.9 Å². The molecule has 106 valence electrons. The van der Waals surface area contributed by atoms with Crippen molar-refractivity contribution in [1.29, 1.82) is 0 Å². The van der Waals surface area contributed by atoms with Crippen LogP contribution in [0.3, 0.4) is 0 Å². The number of aromatic nitrogens is 1. The van der Waals surface area contributed by atoms with Crippen molar-refractivity contribution in [2.24, 2.45) is 0 Å². The lowest BCUT2D eigenvalue weighted by Crippen LogP contribution is -2.46. The molecule has 1 aromatic rings. The molecule has 0 aliphatic carbocycles. The quantitative estimate of drug-likeness (QED) is 0.862. The van der Waals surface area contributed by atoms with E-state index in [2.05, 4.69) is 15.6 Å². The maximum Gasteiger partial charge on any atom is 0.237 e. The summed E-state index contributed by atoms with van der Waals surface area (Å²) >= 11 is 1.57. The summed E-state index contributed by atoms with van der Waals surface area (Å²) in [6, 6.07) is -0.0373. The molecule has 5 nitrogen and oxygen atoms in total. The van der Waals surface area contributed by atoms with Crippen LogP contribution in [-0.4, -0.2) is 30.6 Å². The molecule has 1 aliphatic heterocycles. The number of rotatable bonds is 5. The topological polar surface area (TPSA) is 63.2 Å². The van der Waals surface area contributed by atoms with Gasteiger partial charge < -0.3 is 15.4 Å². The first-order chi connectivity index (χ1) is 9.20. The normalized spacial score (nSPS) is 21.1. The molecule has 2 heterocycles. The van der Waals surface area contributed by atoms with Crippen molar-refractivity contribution in [2.75, 3.05) is 13.7 Å². The fourth-order valence-corrected chi connectivity index (χ4v) is 2.92. The number of nitrogens with zero attached hydrogens (tertiary/aromatic N) is 1. The number of amides is 1. The van der Waals surface area contributed by atoms with Crippen molar-refractivity contribution in [3.05, 3.63) is 16.1 Å². The summed E-state index contributed by atoms with van der Waals surface area (Å²) in [5.41, 5.74) is 0.896. The fraction of sp³-hybridized carbons (Fsp3) is 0.692. The van der Waals surface area contributed by atoms with E-state index in [0.29, 0.717) is 6.54 Å². The summed E-state index contributed by atoms with van der Waals surface area (Å²) in [6.07, 6.45) is 3.22. The van der Waals surface area contributed by atoms with Crippen LogP contribution in [0.5, 0.6) is 0 Å².